The van der Waals surface area contributed by atoms with E-state index in [0.29, 0.717) is 17.8 Å². The first-order valence-electron chi connectivity index (χ1n) is 11.1. The minimum absolute atomic E-state index is 0.220. The molecule has 0 aliphatic carbocycles. The van der Waals surface area contributed by atoms with E-state index in [1.165, 1.54) is 6.26 Å². The standard InChI is InChI=1S/C28H22N4O3/c33-27(21-13-15-23(16-14-21)30-28(34)25-12-7-17-35-25)29-18-22-19-32(24-10-5-2-6-11-24)31-26(22)20-8-3-1-4-9-20/h1-17,19H,18H2,(H,29,33)(H,30,34). The fourth-order valence-electron chi connectivity index (χ4n) is 3.67. The molecule has 0 radical (unpaired) electrons. The van der Waals surface area contributed by atoms with Gasteiger partial charge in [0, 0.05) is 35.1 Å². The van der Waals surface area contributed by atoms with Gasteiger partial charge in [-0.2, -0.15) is 5.10 Å². The number of carbonyl (C=O) groups excluding carboxylic acids is 2. The molecular weight excluding hydrogens is 440 g/mol. The van der Waals surface area contributed by atoms with Gasteiger partial charge in [-0.1, -0.05) is 48.5 Å². The summed E-state index contributed by atoms with van der Waals surface area (Å²) >= 11 is 0. The maximum absolute atomic E-state index is 12.8. The van der Waals surface area contributed by atoms with E-state index in [4.69, 9.17) is 9.52 Å². The summed E-state index contributed by atoms with van der Waals surface area (Å²) in [4.78, 5) is 24.9. The number of furan rings is 1. The lowest BCUT2D eigenvalue weighted by atomic mass is 10.1. The third-order valence-electron chi connectivity index (χ3n) is 5.45. The number of nitrogens with zero attached hydrogens (tertiary/aromatic N) is 2. The van der Waals surface area contributed by atoms with Gasteiger partial charge in [0.1, 0.15) is 0 Å². The third-order valence-corrected chi connectivity index (χ3v) is 5.45. The number of rotatable bonds is 7. The van der Waals surface area contributed by atoms with Crippen molar-refractivity contribution in [2.45, 2.75) is 6.54 Å². The van der Waals surface area contributed by atoms with Crippen molar-refractivity contribution in [2.75, 3.05) is 5.32 Å². The molecule has 2 heterocycles. The monoisotopic (exact) mass is 462 g/mol. The number of benzene rings is 3. The lowest BCUT2D eigenvalue weighted by Crippen LogP contribution is -2.23. The predicted molar refractivity (Wildman–Crippen MR) is 133 cm³/mol. The van der Waals surface area contributed by atoms with Crippen molar-refractivity contribution >= 4 is 17.5 Å². The average molecular weight is 463 g/mol. The second-order valence-corrected chi connectivity index (χ2v) is 7.84. The molecular formula is C28H22N4O3. The third kappa shape index (κ3) is 5.04. The maximum atomic E-state index is 12.8. The largest absolute Gasteiger partial charge is 0.459 e. The molecule has 0 unspecified atom stereocenters. The molecule has 0 spiro atoms. The van der Waals surface area contributed by atoms with Crippen LogP contribution in [0, 0.1) is 0 Å². The summed E-state index contributed by atoms with van der Waals surface area (Å²) in [5.74, 6) is -0.353. The summed E-state index contributed by atoms with van der Waals surface area (Å²) in [5, 5.41) is 10.5. The van der Waals surface area contributed by atoms with E-state index in [1.54, 1.807) is 36.4 Å². The Morgan fingerprint density at radius 2 is 1.51 bits per heavy atom. The number of nitrogens with one attached hydrogen (secondary N) is 2. The van der Waals surface area contributed by atoms with Crippen molar-refractivity contribution in [3.8, 4) is 16.9 Å². The van der Waals surface area contributed by atoms with E-state index >= 15 is 0 Å². The summed E-state index contributed by atoms with van der Waals surface area (Å²) in [6.07, 6.45) is 3.38. The van der Waals surface area contributed by atoms with Gasteiger partial charge in [0.05, 0.1) is 17.6 Å². The number of carbonyl (C=O) groups is 2. The van der Waals surface area contributed by atoms with Crippen LogP contribution in [0.5, 0.6) is 0 Å². The number of para-hydroxylation sites is 1. The van der Waals surface area contributed by atoms with Gasteiger partial charge in [-0.15, -0.1) is 0 Å². The van der Waals surface area contributed by atoms with Crippen molar-refractivity contribution in [1.29, 1.82) is 0 Å². The minimum atomic E-state index is -0.351. The molecule has 5 rings (SSSR count). The Labute approximate surface area is 202 Å². The molecule has 0 saturated carbocycles. The zero-order valence-corrected chi connectivity index (χ0v) is 18.7. The van der Waals surface area contributed by atoms with Gasteiger partial charge in [-0.25, -0.2) is 4.68 Å². The van der Waals surface area contributed by atoms with Crippen LogP contribution in [0.4, 0.5) is 5.69 Å². The van der Waals surface area contributed by atoms with Gasteiger partial charge in [-0.3, -0.25) is 9.59 Å². The molecule has 2 aromatic heterocycles. The lowest BCUT2D eigenvalue weighted by molar-refractivity contribution is 0.0950. The summed E-state index contributed by atoms with van der Waals surface area (Å²) in [6, 6.07) is 29.6. The number of amides is 2. The highest BCUT2D eigenvalue weighted by Gasteiger charge is 2.14. The van der Waals surface area contributed by atoms with Crippen LogP contribution < -0.4 is 10.6 Å². The van der Waals surface area contributed by atoms with Gasteiger partial charge in [-0.05, 0) is 48.5 Å². The average Bonchev–Trinajstić information content (AvgIpc) is 3.60. The zero-order chi connectivity index (χ0) is 24.0. The van der Waals surface area contributed by atoms with Gasteiger partial charge in [0.25, 0.3) is 11.8 Å². The van der Waals surface area contributed by atoms with Crippen LogP contribution in [0.25, 0.3) is 16.9 Å². The Hall–Kier alpha value is -4.91. The molecule has 0 aliphatic rings. The summed E-state index contributed by atoms with van der Waals surface area (Å²) in [6.45, 7) is 0.312. The van der Waals surface area contributed by atoms with Gasteiger partial charge in [0.15, 0.2) is 5.76 Å². The van der Waals surface area contributed by atoms with E-state index in [2.05, 4.69) is 10.6 Å². The molecule has 0 aliphatic heterocycles. The quantitative estimate of drug-likeness (QED) is 0.343. The van der Waals surface area contributed by atoms with Crippen LogP contribution in [0.1, 0.15) is 26.5 Å². The number of aromatic nitrogens is 2. The lowest BCUT2D eigenvalue weighted by Gasteiger charge is -2.07. The van der Waals surface area contributed by atoms with Crippen LogP contribution >= 0.6 is 0 Å². The number of anilines is 1. The first-order chi connectivity index (χ1) is 17.2. The summed E-state index contributed by atoms with van der Waals surface area (Å²) in [7, 11) is 0. The van der Waals surface area contributed by atoms with Crippen LogP contribution in [0.15, 0.2) is 114 Å². The second kappa shape index (κ2) is 9.93. The molecule has 7 nitrogen and oxygen atoms in total. The maximum Gasteiger partial charge on any atom is 0.291 e. The molecule has 172 valence electrons. The number of hydrogen-bond donors (Lipinski definition) is 2. The molecule has 2 N–H and O–H groups in total. The van der Waals surface area contributed by atoms with Crippen LogP contribution in [-0.4, -0.2) is 21.6 Å². The topological polar surface area (TPSA) is 89.2 Å². The van der Waals surface area contributed by atoms with E-state index < -0.39 is 0 Å². The van der Waals surface area contributed by atoms with Crippen LogP contribution in [-0.2, 0) is 6.54 Å². The van der Waals surface area contributed by atoms with Crippen molar-refractivity contribution < 1.29 is 14.0 Å². The first kappa shape index (κ1) is 21.9. The van der Waals surface area contributed by atoms with E-state index in [0.717, 1.165) is 22.5 Å². The van der Waals surface area contributed by atoms with E-state index in [9.17, 15) is 9.59 Å². The normalized spacial score (nSPS) is 10.6. The van der Waals surface area contributed by atoms with Gasteiger partial charge in [0.2, 0.25) is 0 Å². The highest BCUT2D eigenvalue weighted by Crippen LogP contribution is 2.24. The molecule has 7 heteroatoms. The highest BCUT2D eigenvalue weighted by molar-refractivity contribution is 6.02. The molecule has 0 atom stereocenters. The highest BCUT2D eigenvalue weighted by atomic mass is 16.3. The molecule has 35 heavy (non-hydrogen) atoms. The fraction of sp³-hybridized carbons (Fsp3) is 0.0357. The Balaban J connectivity index is 1.30. The molecule has 0 fully saturated rings. The Morgan fingerprint density at radius 3 is 2.20 bits per heavy atom. The second-order valence-electron chi connectivity index (χ2n) is 7.84. The van der Waals surface area contributed by atoms with Crippen LogP contribution in [0.3, 0.4) is 0 Å². The fourth-order valence-corrected chi connectivity index (χ4v) is 3.67. The smallest absolute Gasteiger partial charge is 0.291 e. The summed E-state index contributed by atoms with van der Waals surface area (Å²) in [5.41, 5.74) is 4.68. The summed E-state index contributed by atoms with van der Waals surface area (Å²) < 4.78 is 6.91. The van der Waals surface area contributed by atoms with Crippen LogP contribution in [0.2, 0.25) is 0 Å². The van der Waals surface area contributed by atoms with Gasteiger partial charge < -0.3 is 15.1 Å². The van der Waals surface area contributed by atoms with Gasteiger partial charge >= 0.3 is 0 Å². The number of hydrogen-bond acceptors (Lipinski definition) is 4. The SMILES string of the molecule is O=C(NCc1cn(-c2ccccc2)nc1-c1ccccc1)c1ccc(NC(=O)c2ccco2)cc1. The van der Waals surface area contributed by atoms with E-state index in [-0.39, 0.29) is 17.6 Å². The Morgan fingerprint density at radius 1 is 0.800 bits per heavy atom. The Kier molecular flexibility index (Phi) is 6.21. The zero-order valence-electron chi connectivity index (χ0n) is 18.7. The molecule has 3 aromatic carbocycles. The van der Waals surface area contributed by atoms with E-state index in [1.807, 2.05) is 71.5 Å². The van der Waals surface area contributed by atoms with Crippen molar-refractivity contribution in [2.24, 2.45) is 0 Å². The van der Waals surface area contributed by atoms with Crippen molar-refractivity contribution in [3.05, 3.63) is 126 Å². The first-order valence-corrected chi connectivity index (χ1v) is 11.1. The molecule has 0 bridgehead atoms. The molecule has 2 amide bonds. The molecule has 5 aromatic rings. The van der Waals surface area contributed by atoms with Crippen molar-refractivity contribution in [1.82, 2.24) is 15.1 Å². The molecule has 0 saturated heterocycles. The minimum Gasteiger partial charge on any atom is -0.459 e. The Bertz CT molecular complexity index is 1430. The predicted octanol–water partition coefficient (Wildman–Crippen LogP) is 5.31. The van der Waals surface area contributed by atoms with Crippen molar-refractivity contribution in [3.63, 3.8) is 0 Å².